The highest BCUT2D eigenvalue weighted by Gasteiger charge is 2.33. The van der Waals surface area contributed by atoms with Crippen molar-refractivity contribution in [1.29, 1.82) is 0 Å². The minimum Gasteiger partial charge on any atom is -0.508 e. The molecular formula is C21H18N2O2S. The molecule has 3 aromatic rings. The number of rotatable bonds is 3. The van der Waals surface area contributed by atoms with Crippen molar-refractivity contribution < 1.29 is 9.90 Å². The van der Waals surface area contributed by atoms with Crippen molar-refractivity contribution in [3.05, 3.63) is 93.7 Å². The lowest BCUT2D eigenvalue weighted by atomic mass is 10.0. The molecule has 1 aliphatic rings. The Bertz CT molecular complexity index is 962. The Morgan fingerprint density at radius 2 is 1.85 bits per heavy atom. The van der Waals surface area contributed by atoms with Gasteiger partial charge in [0.1, 0.15) is 11.8 Å². The summed E-state index contributed by atoms with van der Waals surface area (Å²) in [5.41, 5.74) is 6.94. The van der Waals surface area contributed by atoms with E-state index in [4.69, 9.17) is 0 Å². The lowest BCUT2D eigenvalue weighted by Gasteiger charge is -2.25. The van der Waals surface area contributed by atoms with Crippen LogP contribution in [-0.2, 0) is 0 Å². The molecule has 0 unspecified atom stereocenters. The second-order valence-electron chi connectivity index (χ2n) is 6.21. The van der Waals surface area contributed by atoms with Crippen LogP contribution in [0, 0.1) is 6.92 Å². The van der Waals surface area contributed by atoms with E-state index in [1.165, 1.54) is 16.9 Å². The van der Waals surface area contributed by atoms with E-state index in [-0.39, 0.29) is 17.7 Å². The molecule has 26 heavy (non-hydrogen) atoms. The number of amides is 1. The van der Waals surface area contributed by atoms with Crippen molar-refractivity contribution in [3.63, 3.8) is 0 Å². The molecule has 1 aliphatic heterocycles. The molecule has 2 heterocycles. The fourth-order valence-electron chi connectivity index (χ4n) is 3.03. The Hall–Kier alpha value is -3.05. The largest absolute Gasteiger partial charge is 0.508 e. The van der Waals surface area contributed by atoms with Crippen molar-refractivity contribution in [2.75, 3.05) is 0 Å². The van der Waals surface area contributed by atoms with Gasteiger partial charge in [-0.3, -0.25) is 10.2 Å². The number of aryl methyl sites for hydroxylation is 1. The number of para-hydroxylation sites is 1. The molecule has 5 heteroatoms. The first-order chi connectivity index (χ1) is 12.6. The second-order valence-corrected chi connectivity index (χ2v) is 7.16. The highest BCUT2D eigenvalue weighted by molar-refractivity contribution is 7.12. The van der Waals surface area contributed by atoms with Gasteiger partial charge in [0.15, 0.2) is 0 Å². The predicted molar refractivity (Wildman–Crippen MR) is 104 cm³/mol. The molecule has 2 N–H and O–H groups in total. The molecule has 0 saturated carbocycles. The molecule has 2 aromatic carbocycles. The van der Waals surface area contributed by atoms with Crippen molar-refractivity contribution in [2.24, 2.45) is 0 Å². The van der Waals surface area contributed by atoms with Crippen LogP contribution >= 0.6 is 11.3 Å². The number of phenolic OH excluding ortho intramolecular Hbond substituents is 1. The van der Waals surface area contributed by atoms with Gasteiger partial charge >= 0.3 is 0 Å². The summed E-state index contributed by atoms with van der Waals surface area (Å²) in [4.78, 5) is 13.6. The molecule has 0 bridgehead atoms. The molecule has 130 valence electrons. The first-order valence-electron chi connectivity index (χ1n) is 8.34. The van der Waals surface area contributed by atoms with Crippen LogP contribution in [0.4, 0.5) is 0 Å². The van der Waals surface area contributed by atoms with Gasteiger partial charge in [0.25, 0.3) is 5.91 Å². The number of nitrogens with zero attached hydrogens (tertiary/aromatic N) is 1. The SMILES string of the molecule is Cc1ccc(C2=C[C@@H](c3ccccc3O)N(C(=O)c3cccs3)N2)cc1. The first kappa shape index (κ1) is 16.4. The molecule has 4 nitrogen and oxygen atoms in total. The van der Waals surface area contributed by atoms with E-state index in [1.54, 1.807) is 23.2 Å². The van der Waals surface area contributed by atoms with Crippen molar-refractivity contribution in [1.82, 2.24) is 10.4 Å². The average molecular weight is 362 g/mol. The van der Waals surface area contributed by atoms with E-state index in [0.717, 1.165) is 11.3 Å². The van der Waals surface area contributed by atoms with E-state index in [9.17, 15) is 9.90 Å². The maximum atomic E-state index is 13.0. The van der Waals surface area contributed by atoms with Gasteiger partial charge in [-0.1, -0.05) is 54.1 Å². The number of carbonyl (C=O) groups is 1. The third-order valence-electron chi connectivity index (χ3n) is 4.41. The number of aromatic hydroxyl groups is 1. The molecule has 4 rings (SSSR count). The molecule has 1 aromatic heterocycles. The van der Waals surface area contributed by atoms with Gasteiger partial charge in [-0.05, 0) is 36.1 Å². The van der Waals surface area contributed by atoms with Gasteiger partial charge in [0.2, 0.25) is 0 Å². The monoisotopic (exact) mass is 362 g/mol. The van der Waals surface area contributed by atoms with Gasteiger partial charge in [-0.2, -0.15) is 0 Å². The lowest BCUT2D eigenvalue weighted by Crippen LogP contribution is -2.39. The average Bonchev–Trinajstić information content (AvgIpc) is 3.32. The number of hydrogen-bond acceptors (Lipinski definition) is 4. The van der Waals surface area contributed by atoms with Gasteiger partial charge in [0.05, 0.1) is 10.6 Å². The molecule has 1 amide bonds. The molecule has 0 spiro atoms. The molecule has 1 atom stereocenters. The molecular weight excluding hydrogens is 344 g/mol. The van der Waals surface area contributed by atoms with Crippen LogP contribution in [0.25, 0.3) is 5.70 Å². The van der Waals surface area contributed by atoms with E-state index in [1.807, 2.05) is 60.8 Å². The maximum Gasteiger partial charge on any atom is 0.283 e. The fraction of sp³-hybridized carbons (Fsp3) is 0.0952. The van der Waals surface area contributed by atoms with Crippen LogP contribution in [0.1, 0.15) is 32.4 Å². The van der Waals surface area contributed by atoms with Gasteiger partial charge in [0, 0.05) is 5.56 Å². The summed E-state index contributed by atoms with van der Waals surface area (Å²) in [7, 11) is 0. The molecule has 0 saturated heterocycles. The van der Waals surface area contributed by atoms with Crippen LogP contribution in [0.15, 0.2) is 72.1 Å². The normalized spacial score (nSPS) is 16.3. The predicted octanol–water partition coefficient (Wildman–Crippen LogP) is 4.50. The lowest BCUT2D eigenvalue weighted by molar-refractivity contribution is 0.0676. The number of benzene rings is 2. The van der Waals surface area contributed by atoms with Crippen LogP contribution < -0.4 is 5.43 Å². The quantitative estimate of drug-likeness (QED) is 0.721. The Morgan fingerprint density at radius 1 is 1.08 bits per heavy atom. The van der Waals surface area contributed by atoms with Crippen LogP contribution in [0.2, 0.25) is 0 Å². The van der Waals surface area contributed by atoms with Crippen LogP contribution in [-0.4, -0.2) is 16.0 Å². The highest BCUT2D eigenvalue weighted by atomic mass is 32.1. The third-order valence-corrected chi connectivity index (χ3v) is 5.27. The van der Waals surface area contributed by atoms with E-state index < -0.39 is 0 Å². The van der Waals surface area contributed by atoms with Crippen molar-refractivity contribution in [3.8, 4) is 5.75 Å². The number of thiophene rings is 1. The number of hydrogen-bond donors (Lipinski definition) is 2. The zero-order valence-electron chi connectivity index (χ0n) is 14.2. The Balaban J connectivity index is 1.75. The maximum absolute atomic E-state index is 13.0. The minimum absolute atomic E-state index is 0.119. The Labute approximate surface area is 156 Å². The smallest absolute Gasteiger partial charge is 0.283 e. The summed E-state index contributed by atoms with van der Waals surface area (Å²) in [6, 6.07) is 18.5. The summed E-state index contributed by atoms with van der Waals surface area (Å²) in [5.74, 6) is 0.0521. The first-order valence-corrected chi connectivity index (χ1v) is 9.22. The number of carbonyl (C=O) groups excluding carboxylic acids is 1. The summed E-state index contributed by atoms with van der Waals surface area (Å²) < 4.78 is 0. The number of nitrogens with one attached hydrogen (secondary N) is 1. The number of hydrazine groups is 1. The van der Waals surface area contributed by atoms with Crippen LogP contribution in [0.5, 0.6) is 5.75 Å². The van der Waals surface area contributed by atoms with Gasteiger partial charge < -0.3 is 5.11 Å². The van der Waals surface area contributed by atoms with E-state index in [0.29, 0.717) is 10.4 Å². The standard InChI is InChI=1S/C21H18N2O2S/c1-14-8-10-15(11-9-14)17-13-18(16-5-2-3-6-19(16)24)23(22-17)21(25)20-7-4-12-26-20/h2-13,18,22,24H,1H3/t18-/m0/s1. The van der Waals surface area contributed by atoms with Crippen molar-refractivity contribution >= 4 is 22.9 Å². The summed E-state index contributed by atoms with van der Waals surface area (Å²) in [5, 5.41) is 13.8. The molecule has 0 fully saturated rings. The van der Waals surface area contributed by atoms with E-state index in [2.05, 4.69) is 5.43 Å². The molecule has 0 aliphatic carbocycles. The van der Waals surface area contributed by atoms with Gasteiger partial charge in [-0.15, -0.1) is 11.3 Å². The van der Waals surface area contributed by atoms with Gasteiger partial charge in [-0.25, -0.2) is 5.01 Å². The summed E-state index contributed by atoms with van der Waals surface area (Å²) in [6.07, 6.45) is 1.98. The minimum atomic E-state index is -0.387. The summed E-state index contributed by atoms with van der Waals surface area (Å²) in [6.45, 7) is 2.04. The zero-order chi connectivity index (χ0) is 18.1. The second kappa shape index (κ2) is 6.69. The fourth-order valence-corrected chi connectivity index (χ4v) is 3.69. The van der Waals surface area contributed by atoms with Crippen molar-refractivity contribution in [2.45, 2.75) is 13.0 Å². The Morgan fingerprint density at radius 3 is 2.54 bits per heavy atom. The van der Waals surface area contributed by atoms with Crippen LogP contribution in [0.3, 0.4) is 0 Å². The number of phenols is 1. The van der Waals surface area contributed by atoms with E-state index >= 15 is 0 Å². The third kappa shape index (κ3) is 2.97. The summed E-state index contributed by atoms with van der Waals surface area (Å²) >= 11 is 1.40. The topological polar surface area (TPSA) is 52.6 Å². The Kier molecular flexibility index (Phi) is 4.22. The zero-order valence-corrected chi connectivity index (χ0v) is 15.0. The highest BCUT2D eigenvalue weighted by Crippen LogP contribution is 2.36. The molecule has 0 radical (unpaired) electrons.